The summed E-state index contributed by atoms with van der Waals surface area (Å²) in [4.78, 5) is 38.4. The number of carbonyl (C=O) groups is 3. The summed E-state index contributed by atoms with van der Waals surface area (Å²) in [5.41, 5.74) is 0. The van der Waals surface area contributed by atoms with Crippen LogP contribution in [0.1, 0.15) is 335 Å². The Morgan fingerprint density at radius 2 is 0.487 bits per heavy atom. The molecular weight excluding hydrogens is 985 g/mol. The Balaban J connectivity index is 4.37. The van der Waals surface area contributed by atoms with Crippen LogP contribution in [0.15, 0.2) is 97.2 Å². The largest absolute Gasteiger partial charge is 0.462 e. The van der Waals surface area contributed by atoms with Crippen molar-refractivity contribution in [2.45, 2.75) is 341 Å². The third-order valence-electron chi connectivity index (χ3n) is 14.8. The lowest BCUT2D eigenvalue weighted by atomic mass is 10.0. The van der Waals surface area contributed by atoms with Gasteiger partial charge >= 0.3 is 17.9 Å². The van der Waals surface area contributed by atoms with Gasteiger partial charge in [0.05, 0.1) is 0 Å². The average Bonchev–Trinajstić information content (AvgIpc) is 3.46. The molecule has 6 heteroatoms. The van der Waals surface area contributed by atoms with Crippen LogP contribution in [0.5, 0.6) is 0 Å². The van der Waals surface area contributed by atoms with Crippen LogP contribution < -0.4 is 0 Å². The van der Waals surface area contributed by atoms with Crippen molar-refractivity contribution in [1.29, 1.82) is 0 Å². The van der Waals surface area contributed by atoms with Gasteiger partial charge in [-0.05, 0) is 96.3 Å². The lowest BCUT2D eigenvalue weighted by molar-refractivity contribution is -0.167. The van der Waals surface area contributed by atoms with E-state index >= 15 is 0 Å². The van der Waals surface area contributed by atoms with Gasteiger partial charge in [0.25, 0.3) is 0 Å². The van der Waals surface area contributed by atoms with Crippen LogP contribution in [0.25, 0.3) is 0 Å². The van der Waals surface area contributed by atoms with Gasteiger partial charge < -0.3 is 14.2 Å². The molecule has 0 aromatic heterocycles. The van der Waals surface area contributed by atoms with E-state index in [-0.39, 0.29) is 31.1 Å². The fourth-order valence-corrected chi connectivity index (χ4v) is 9.78. The summed E-state index contributed by atoms with van der Waals surface area (Å²) in [6.45, 7) is 6.44. The lowest BCUT2D eigenvalue weighted by Crippen LogP contribution is -2.30. The first kappa shape index (κ1) is 76.3. The van der Waals surface area contributed by atoms with E-state index in [2.05, 4.69) is 118 Å². The first-order chi connectivity index (χ1) is 39.5. The lowest BCUT2D eigenvalue weighted by Gasteiger charge is -2.18. The van der Waals surface area contributed by atoms with E-state index in [0.29, 0.717) is 19.3 Å². The molecule has 0 saturated heterocycles. The Hall–Kier alpha value is -3.67. The first-order valence-electron chi connectivity index (χ1n) is 34.2. The molecule has 0 aliphatic carbocycles. The molecule has 0 rings (SSSR count). The highest BCUT2D eigenvalue weighted by Gasteiger charge is 2.19. The summed E-state index contributed by atoms with van der Waals surface area (Å²) in [7, 11) is 0. The van der Waals surface area contributed by atoms with E-state index in [4.69, 9.17) is 14.2 Å². The van der Waals surface area contributed by atoms with Gasteiger partial charge in [0.15, 0.2) is 6.10 Å². The van der Waals surface area contributed by atoms with Crippen LogP contribution >= 0.6 is 0 Å². The zero-order valence-electron chi connectivity index (χ0n) is 52.8. The molecule has 0 saturated carbocycles. The van der Waals surface area contributed by atoms with Crippen molar-refractivity contribution in [2.24, 2.45) is 0 Å². The maximum Gasteiger partial charge on any atom is 0.306 e. The van der Waals surface area contributed by atoms with Crippen LogP contribution in [0.2, 0.25) is 0 Å². The highest BCUT2D eigenvalue weighted by atomic mass is 16.6. The summed E-state index contributed by atoms with van der Waals surface area (Å²) in [6.07, 6.45) is 91.4. The molecule has 460 valence electrons. The second-order valence-electron chi connectivity index (χ2n) is 22.7. The maximum absolute atomic E-state index is 13.0. The van der Waals surface area contributed by atoms with Crippen molar-refractivity contribution in [3.05, 3.63) is 97.2 Å². The van der Waals surface area contributed by atoms with Crippen LogP contribution in [-0.2, 0) is 28.6 Å². The normalized spacial score (nSPS) is 12.7. The van der Waals surface area contributed by atoms with Crippen molar-refractivity contribution in [1.82, 2.24) is 0 Å². The number of allylic oxidation sites excluding steroid dienone is 16. The number of rotatable bonds is 62. The third kappa shape index (κ3) is 65.1. The number of unbranched alkanes of at least 4 members (excludes halogenated alkanes) is 35. The molecule has 0 heterocycles. The summed E-state index contributed by atoms with van der Waals surface area (Å²) in [6, 6.07) is 0. The van der Waals surface area contributed by atoms with Crippen LogP contribution in [0, 0.1) is 0 Å². The predicted octanol–water partition coefficient (Wildman–Crippen LogP) is 23.6. The molecule has 1 atom stereocenters. The van der Waals surface area contributed by atoms with Crippen molar-refractivity contribution in [2.75, 3.05) is 13.2 Å². The molecule has 0 fully saturated rings. The van der Waals surface area contributed by atoms with E-state index in [0.717, 1.165) is 122 Å². The molecule has 0 radical (unpaired) electrons. The minimum absolute atomic E-state index is 0.0854. The summed E-state index contributed by atoms with van der Waals surface area (Å²) >= 11 is 0. The summed E-state index contributed by atoms with van der Waals surface area (Å²) < 4.78 is 17.0. The molecular formula is C74H128O6. The highest BCUT2D eigenvalue weighted by Crippen LogP contribution is 2.18. The molecule has 0 bridgehead atoms. The number of hydrogen-bond donors (Lipinski definition) is 0. The van der Waals surface area contributed by atoms with Crippen molar-refractivity contribution in [3.63, 3.8) is 0 Å². The summed E-state index contributed by atoms with van der Waals surface area (Å²) in [5.74, 6) is -0.897. The Labute approximate surface area is 496 Å². The van der Waals surface area contributed by atoms with E-state index < -0.39 is 6.10 Å². The van der Waals surface area contributed by atoms with Gasteiger partial charge in [-0.2, -0.15) is 0 Å². The van der Waals surface area contributed by atoms with Crippen LogP contribution in [-0.4, -0.2) is 37.2 Å². The fourth-order valence-electron chi connectivity index (χ4n) is 9.78. The van der Waals surface area contributed by atoms with Crippen molar-refractivity contribution < 1.29 is 28.6 Å². The Kier molecular flexibility index (Phi) is 64.7. The van der Waals surface area contributed by atoms with Gasteiger partial charge in [-0.15, -0.1) is 0 Å². The fraction of sp³-hybridized carbons (Fsp3) is 0.743. The zero-order valence-corrected chi connectivity index (χ0v) is 52.8. The van der Waals surface area contributed by atoms with Crippen LogP contribution in [0.3, 0.4) is 0 Å². The Bertz CT molecular complexity index is 1560. The van der Waals surface area contributed by atoms with Crippen molar-refractivity contribution in [3.8, 4) is 0 Å². The molecule has 0 aliphatic rings. The number of carbonyl (C=O) groups excluding carboxylic acids is 3. The highest BCUT2D eigenvalue weighted by molar-refractivity contribution is 5.71. The molecule has 0 aliphatic heterocycles. The smallest absolute Gasteiger partial charge is 0.306 e. The van der Waals surface area contributed by atoms with E-state index in [1.54, 1.807) is 0 Å². The molecule has 0 spiro atoms. The standard InChI is InChI=1S/C74H128O6/c1-4-7-10-13-16-19-22-25-28-31-33-35-37-39-40-43-46-49-52-55-58-61-64-67-73(76)79-70-71(69-78-72(75)66-63-60-57-54-51-48-45-42-30-27-24-21-18-15-12-9-6-3)80-74(77)68-65-62-59-56-53-50-47-44-41-38-36-34-32-29-26-23-20-17-14-11-8-5-2/h7,9-10,12,16,18-19,21,25,27-28,30,33,35,45,48,71H,4-6,8,11,13-15,17,20,22-24,26,29,31-32,34,36-44,46-47,49-70H2,1-3H3/b10-7-,12-9-,19-16-,21-18-,28-25-,30-27-,35-33-,48-45-. The molecule has 6 nitrogen and oxygen atoms in total. The maximum atomic E-state index is 13.0. The van der Waals surface area contributed by atoms with Gasteiger partial charge in [0.1, 0.15) is 13.2 Å². The molecule has 1 unspecified atom stereocenters. The minimum atomic E-state index is -0.791. The topological polar surface area (TPSA) is 78.9 Å². The van der Waals surface area contributed by atoms with Gasteiger partial charge in [0.2, 0.25) is 0 Å². The SMILES string of the molecule is CC/C=C\C/C=C\C/C=C\C/C=C\CCCCCCCCCCCCC(=O)OCC(COC(=O)CCCCCC/C=C\C/C=C\C/C=C\C/C=C\CC)OC(=O)CCCCCCCCCCCCCCCCCCCCCCCC. The second-order valence-corrected chi connectivity index (χ2v) is 22.7. The van der Waals surface area contributed by atoms with E-state index in [1.165, 1.54) is 173 Å². The number of ether oxygens (including phenoxy) is 3. The molecule has 0 aromatic carbocycles. The average molecular weight is 1110 g/mol. The van der Waals surface area contributed by atoms with Gasteiger partial charge in [-0.25, -0.2) is 0 Å². The molecule has 0 aromatic rings. The Morgan fingerprint density at radius 1 is 0.263 bits per heavy atom. The number of esters is 3. The molecule has 0 N–H and O–H groups in total. The monoisotopic (exact) mass is 1110 g/mol. The predicted molar refractivity (Wildman–Crippen MR) is 348 cm³/mol. The minimum Gasteiger partial charge on any atom is -0.462 e. The third-order valence-corrected chi connectivity index (χ3v) is 14.8. The quantitative estimate of drug-likeness (QED) is 0.0261. The number of hydrogen-bond acceptors (Lipinski definition) is 6. The first-order valence-corrected chi connectivity index (χ1v) is 34.2. The van der Waals surface area contributed by atoms with Crippen molar-refractivity contribution >= 4 is 17.9 Å². The van der Waals surface area contributed by atoms with Gasteiger partial charge in [-0.1, -0.05) is 317 Å². The summed E-state index contributed by atoms with van der Waals surface area (Å²) in [5, 5.41) is 0. The van der Waals surface area contributed by atoms with E-state index in [9.17, 15) is 14.4 Å². The zero-order chi connectivity index (χ0) is 57.8. The van der Waals surface area contributed by atoms with Gasteiger partial charge in [0, 0.05) is 19.3 Å². The molecule has 0 amide bonds. The van der Waals surface area contributed by atoms with Crippen LogP contribution in [0.4, 0.5) is 0 Å². The van der Waals surface area contributed by atoms with E-state index in [1.807, 2.05) is 0 Å². The van der Waals surface area contributed by atoms with Gasteiger partial charge in [-0.3, -0.25) is 14.4 Å². The Morgan fingerprint density at radius 3 is 0.762 bits per heavy atom. The second kappa shape index (κ2) is 67.8. The molecule has 80 heavy (non-hydrogen) atoms.